The van der Waals surface area contributed by atoms with Gasteiger partial charge < -0.3 is 0 Å². The number of hydrogen-bond acceptors (Lipinski definition) is 1. The highest BCUT2D eigenvalue weighted by Crippen LogP contribution is 2.38. The second kappa shape index (κ2) is 3.18. The SMILES string of the molecule is Cc1ccc2c(c1)Cc1ncc(C)c(C)c1-2. The Bertz CT molecular complexity index is 582. The Morgan fingerprint density at radius 1 is 1.12 bits per heavy atom. The van der Waals surface area contributed by atoms with E-state index in [-0.39, 0.29) is 0 Å². The van der Waals surface area contributed by atoms with Crippen LogP contribution < -0.4 is 0 Å². The molecule has 0 radical (unpaired) electrons. The van der Waals surface area contributed by atoms with Crippen molar-refractivity contribution in [2.75, 3.05) is 0 Å². The molecule has 0 amide bonds. The van der Waals surface area contributed by atoms with Crippen molar-refractivity contribution in [1.82, 2.24) is 4.98 Å². The van der Waals surface area contributed by atoms with Gasteiger partial charge in [0.15, 0.2) is 0 Å². The number of aromatic nitrogens is 1. The Morgan fingerprint density at radius 3 is 2.75 bits per heavy atom. The van der Waals surface area contributed by atoms with E-state index in [0.717, 1.165) is 6.42 Å². The van der Waals surface area contributed by atoms with Crippen molar-refractivity contribution in [3.63, 3.8) is 0 Å². The number of benzene rings is 1. The standard InChI is InChI=1S/C15H15N/c1-9-4-5-13-12(6-9)7-14-15(13)11(3)10(2)8-16-14/h4-6,8H,7H2,1-3H3. The highest BCUT2D eigenvalue weighted by Gasteiger charge is 2.21. The van der Waals surface area contributed by atoms with Gasteiger partial charge >= 0.3 is 0 Å². The van der Waals surface area contributed by atoms with Crippen LogP contribution in [0.15, 0.2) is 24.4 Å². The molecule has 80 valence electrons. The molecule has 0 saturated carbocycles. The first kappa shape index (κ1) is 9.59. The zero-order chi connectivity index (χ0) is 11.3. The molecular formula is C15H15N. The fourth-order valence-electron chi connectivity index (χ4n) is 2.53. The molecule has 0 unspecified atom stereocenters. The summed E-state index contributed by atoms with van der Waals surface area (Å²) in [5.74, 6) is 0. The number of rotatable bonds is 0. The fraction of sp³-hybridized carbons (Fsp3) is 0.267. The van der Waals surface area contributed by atoms with Gasteiger partial charge in [0.2, 0.25) is 0 Å². The number of fused-ring (bicyclic) bond motifs is 3. The maximum absolute atomic E-state index is 4.56. The molecule has 1 heteroatoms. The molecule has 3 rings (SSSR count). The lowest BCUT2D eigenvalue weighted by atomic mass is 9.99. The van der Waals surface area contributed by atoms with Gasteiger partial charge in [-0.25, -0.2) is 0 Å². The third kappa shape index (κ3) is 1.21. The van der Waals surface area contributed by atoms with Crippen molar-refractivity contribution in [2.24, 2.45) is 0 Å². The second-order valence-corrected chi connectivity index (χ2v) is 4.73. The van der Waals surface area contributed by atoms with E-state index in [0.29, 0.717) is 0 Å². The first-order chi connectivity index (χ1) is 7.66. The van der Waals surface area contributed by atoms with Crippen LogP contribution in [-0.2, 0) is 6.42 Å². The second-order valence-electron chi connectivity index (χ2n) is 4.73. The van der Waals surface area contributed by atoms with Crippen LogP contribution >= 0.6 is 0 Å². The third-order valence-electron chi connectivity index (χ3n) is 3.56. The molecule has 16 heavy (non-hydrogen) atoms. The lowest BCUT2D eigenvalue weighted by molar-refractivity contribution is 1.09. The van der Waals surface area contributed by atoms with Crippen molar-refractivity contribution in [3.8, 4) is 11.1 Å². The molecule has 2 aromatic rings. The molecule has 0 fully saturated rings. The minimum Gasteiger partial charge on any atom is -0.260 e. The summed E-state index contributed by atoms with van der Waals surface area (Å²) in [4.78, 5) is 4.56. The number of hydrogen-bond donors (Lipinski definition) is 0. The van der Waals surface area contributed by atoms with Gasteiger partial charge in [-0.15, -0.1) is 0 Å². The zero-order valence-electron chi connectivity index (χ0n) is 9.96. The van der Waals surface area contributed by atoms with E-state index in [1.165, 1.54) is 39.1 Å². The molecule has 0 N–H and O–H groups in total. The summed E-state index contributed by atoms with van der Waals surface area (Å²) in [6.45, 7) is 6.48. The van der Waals surface area contributed by atoms with Gasteiger partial charge in [0.25, 0.3) is 0 Å². The molecule has 1 heterocycles. The third-order valence-corrected chi connectivity index (χ3v) is 3.56. The van der Waals surface area contributed by atoms with Gasteiger partial charge in [0, 0.05) is 18.2 Å². The molecule has 0 saturated heterocycles. The number of aryl methyl sites for hydroxylation is 2. The van der Waals surface area contributed by atoms with Crippen LogP contribution in [0, 0.1) is 20.8 Å². The minimum absolute atomic E-state index is 0.994. The average Bonchev–Trinajstić information content (AvgIpc) is 2.61. The van der Waals surface area contributed by atoms with Crippen molar-refractivity contribution >= 4 is 0 Å². The summed E-state index contributed by atoms with van der Waals surface area (Å²) in [5.41, 5.74) is 9.42. The molecule has 0 aliphatic heterocycles. The summed E-state index contributed by atoms with van der Waals surface area (Å²) < 4.78 is 0. The molecule has 1 aliphatic rings. The highest BCUT2D eigenvalue weighted by molar-refractivity contribution is 5.78. The van der Waals surface area contributed by atoms with E-state index in [4.69, 9.17) is 0 Å². The van der Waals surface area contributed by atoms with Gasteiger partial charge in [-0.3, -0.25) is 4.98 Å². The lowest BCUT2D eigenvalue weighted by Crippen LogP contribution is -1.92. The molecular weight excluding hydrogens is 194 g/mol. The molecule has 1 aromatic heterocycles. The minimum atomic E-state index is 0.994. The van der Waals surface area contributed by atoms with Crippen molar-refractivity contribution < 1.29 is 0 Å². The molecule has 1 aliphatic carbocycles. The number of nitrogens with zero attached hydrogens (tertiary/aromatic N) is 1. The Hall–Kier alpha value is -1.63. The summed E-state index contributed by atoms with van der Waals surface area (Å²) in [5, 5.41) is 0. The van der Waals surface area contributed by atoms with Crippen LogP contribution in [0.25, 0.3) is 11.1 Å². The lowest BCUT2D eigenvalue weighted by Gasteiger charge is -2.07. The zero-order valence-corrected chi connectivity index (χ0v) is 9.96. The average molecular weight is 209 g/mol. The van der Waals surface area contributed by atoms with Crippen LogP contribution in [0.3, 0.4) is 0 Å². The first-order valence-corrected chi connectivity index (χ1v) is 5.72. The predicted octanol–water partition coefficient (Wildman–Crippen LogP) is 3.58. The summed E-state index contributed by atoms with van der Waals surface area (Å²) in [6, 6.07) is 6.71. The van der Waals surface area contributed by atoms with Crippen molar-refractivity contribution in [3.05, 3.63) is 52.3 Å². The quantitative estimate of drug-likeness (QED) is 0.551. The van der Waals surface area contributed by atoms with Crippen LogP contribution in [0.4, 0.5) is 0 Å². The Morgan fingerprint density at radius 2 is 1.94 bits per heavy atom. The number of pyridine rings is 1. The van der Waals surface area contributed by atoms with Gasteiger partial charge in [-0.2, -0.15) is 0 Å². The van der Waals surface area contributed by atoms with Crippen LogP contribution in [-0.4, -0.2) is 4.98 Å². The molecule has 0 atom stereocenters. The summed E-state index contributed by atoms with van der Waals surface area (Å²) >= 11 is 0. The largest absolute Gasteiger partial charge is 0.260 e. The van der Waals surface area contributed by atoms with Crippen molar-refractivity contribution in [1.29, 1.82) is 0 Å². The maximum atomic E-state index is 4.56. The van der Waals surface area contributed by atoms with Gasteiger partial charge in [0.1, 0.15) is 0 Å². The van der Waals surface area contributed by atoms with E-state index in [2.05, 4.69) is 44.0 Å². The van der Waals surface area contributed by atoms with E-state index in [1.807, 2.05) is 6.20 Å². The summed E-state index contributed by atoms with van der Waals surface area (Å²) in [7, 11) is 0. The van der Waals surface area contributed by atoms with Crippen LogP contribution in [0.1, 0.15) is 27.9 Å². The molecule has 0 bridgehead atoms. The van der Waals surface area contributed by atoms with E-state index < -0.39 is 0 Å². The molecule has 1 nitrogen and oxygen atoms in total. The Labute approximate surface area is 96.2 Å². The maximum Gasteiger partial charge on any atom is 0.0528 e. The van der Waals surface area contributed by atoms with Crippen LogP contribution in [0.2, 0.25) is 0 Å². The first-order valence-electron chi connectivity index (χ1n) is 5.72. The monoisotopic (exact) mass is 209 g/mol. The normalized spacial score (nSPS) is 12.4. The van der Waals surface area contributed by atoms with Gasteiger partial charge in [-0.1, -0.05) is 23.8 Å². The Balaban J connectivity index is 2.32. The van der Waals surface area contributed by atoms with Gasteiger partial charge in [0.05, 0.1) is 5.69 Å². The highest BCUT2D eigenvalue weighted by atomic mass is 14.7. The van der Waals surface area contributed by atoms with Gasteiger partial charge in [-0.05, 0) is 43.0 Å². The summed E-state index contributed by atoms with van der Waals surface area (Å²) in [6.07, 6.45) is 2.99. The van der Waals surface area contributed by atoms with Crippen LogP contribution in [0.5, 0.6) is 0 Å². The molecule has 0 spiro atoms. The van der Waals surface area contributed by atoms with Crippen molar-refractivity contribution in [2.45, 2.75) is 27.2 Å². The molecule has 1 aromatic carbocycles. The predicted molar refractivity (Wildman–Crippen MR) is 66.7 cm³/mol. The van der Waals surface area contributed by atoms with E-state index in [9.17, 15) is 0 Å². The Kier molecular flexibility index (Phi) is 1.90. The fourth-order valence-corrected chi connectivity index (χ4v) is 2.53. The topological polar surface area (TPSA) is 12.9 Å². The van der Waals surface area contributed by atoms with E-state index >= 15 is 0 Å². The van der Waals surface area contributed by atoms with E-state index in [1.54, 1.807) is 0 Å². The smallest absolute Gasteiger partial charge is 0.0528 e.